The average Bonchev–Trinajstić information content (AvgIpc) is 2.39. The lowest BCUT2D eigenvalue weighted by molar-refractivity contribution is 0.0738. The molecule has 2 N–H and O–H groups in total. The molecule has 3 nitrogen and oxygen atoms in total. The van der Waals surface area contributed by atoms with Crippen LogP contribution in [0.2, 0.25) is 0 Å². The highest BCUT2D eigenvalue weighted by molar-refractivity contribution is 5.23. The maximum absolute atomic E-state index is 6.53. The van der Waals surface area contributed by atoms with Crippen LogP contribution in [0.25, 0.3) is 0 Å². The average molecular weight is 261 g/mol. The van der Waals surface area contributed by atoms with E-state index in [0.717, 1.165) is 32.7 Å². The first-order chi connectivity index (χ1) is 9.03. The predicted octanol–water partition coefficient (Wildman–Crippen LogP) is 1.89. The van der Waals surface area contributed by atoms with Crippen molar-refractivity contribution >= 4 is 0 Å². The van der Waals surface area contributed by atoms with Gasteiger partial charge in [-0.05, 0) is 26.0 Å². The molecule has 0 aliphatic carbocycles. The highest BCUT2D eigenvalue weighted by Gasteiger charge is 2.28. The number of nitrogens with two attached hydrogens (primary N) is 1. The molecule has 2 rings (SSSR count). The number of rotatable bonds is 4. The molecule has 1 aliphatic heterocycles. The summed E-state index contributed by atoms with van der Waals surface area (Å²) >= 11 is 0. The fourth-order valence-corrected chi connectivity index (χ4v) is 3.06. The second kappa shape index (κ2) is 6.04. The lowest BCUT2D eigenvalue weighted by Gasteiger charge is -2.42. The maximum Gasteiger partial charge on any atom is 0.0509 e. The molecule has 1 fully saturated rings. The zero-order valence-corrected chi connectivity index (χ0v) is 12.5. The predicted molar refractivity (Wildman–Crippen MR) is 81.1 cm³/mol. The lowest BCUT2D eigenvalue weighted by atomic mass is 9.92. The first-order valence-corrected chi connectivity index (χ1v) is 7.33. The first-order valence-electron chi connectivity index (χ1n) is 7.33. The van der Waals surface area contributed by atoms with Crippen molar-refractivity contribution in [1.29, 1.82) is 0 Å². The van der Waals surface area contributed by atoms with E-state index in [1.54, 1.807) is 0 Å². The summed E-state index contributed by atoms with van der Waals surface area (Å²) in [5.41, 5.74) is 7.48. The Morgan fingerprint density at radius 2 is 1.95 bits per heavy atom. The summed E-state index contributed by atoms with van der Waals surface area (Å²) in [6, 6.07) is 11.1. The van der Waals surface area contributed by atoms with Crippen molar-refractivity contribution in [3.63, 3.8) is 0 Å². The minimum Gasteiger partial charge on any atom is -0.321 e. The van der Waals surface area contributed by atoms with Crippen LogP contribution in [-0.4, -0.2) is 48.6 Å². The molecule has 1 aromatic rings. The second-order valence-electron chi connectivity index (χ2n) is 6.00. The third kappa shape index (κ3) is 3.56. The Kier molecular flexibility index (Phi) is 4.61. The molecular formula is C16H27N3. The van der Waals surface area contributed by atoms with Crippen LogP contribution in [0.3, 0.4) is 0 Å². The van der Waals surface area contributed by atoms with E-state index in [9.17, 15) is 0 Å². The van der Waals surface area contributed by atoms with Gasteiger partial charge in [-0.2, -0.15) is 0 Å². The second-order valence-corrected chi connectivity index (χ2v) is 6.00. The zero-order valence-electron chi connectivity index (χ0n) is 12.5. The molecule has 106 valence electrons. The molecule has 2 unspecified atom stereocenters. The van der Waals surface area contributed by atoms with E-state index in [-0.39, 0.29) is 5.54 Å². The van der Waals surface area contributed by atoms with Gasteiger partial charge in [0.25, 0.3) is 0 Å². The van der Waals surface area contributed by atoms with Gasteiger partial charge in [0.05, 0.1) is 5.54 Å². The number of hydrogen-bond acceptors (Lipinski definition) is 3. The highest BCUT2D eigenvalue weighted by atomic mass is 15.3. The van der Waals surface area contributed by atoms with E-state index in [0.29, 0.717) is 6.04 Å². The number of piperazine rings is 1. The maximum atomic E-state index is 6.53. The monoisotopic (exact) mass is 261 g/mol. The van der Waals surface area contributed by atoms with Gasteiger partial charge in [0, 0.05) is 32.2 Å². The Morgan fingerprint density at radius 1 is 1.26 bits per heavy atom. The molecule has 1 aliphatic rings. The summed E-state index contributed by atoms with van der Waals surface area (Å²) in [7, 11) is 0. The van der Waals surface area contributed by atoms with Gasteiger partial charge >= 0.3 is 0 Å². The van der Waals surface area contributed by atoms with Gasteiger partial charge in [0.1, 0.15) is 0 Å². The van der Waals surface area contributed by atoms with Crippen LogP contribution in [0.15, 0.2) is 30.3 Å². The Bertz CT molecular complexity index is 388. The van der Waals surface area contributed by atoms with Gasteiger partial charge in [0.2, 0.25) is 0 Å². The van der Waals surface area contributed by atoms with Crippen molar-refractivity contribution in [3.05, 3.63) is 35.9 Å². The molecule has 1 aromatic carbocycles. The Hall–Kier alpha value is -0.900. The number of likely N-dealkylation sites (N-methyl/N-ethyl adjacent to an activating group) is 1. The minimum absolute atomic E-state index is 0.268. The molecule has 0 radical (unpaired) electrons. The van der Waals surface area contributed by atoms with Gasteiger partial charge in [-0.3, -0.25) is 9.80 Å². The molecule has 1 saturated heterocycles. The molecule has 0 spiro atoms. The fourth-order valence-electron chi connectivity index (χ4n) is 3.06. The van der Waals surface area contributed by atoms with E-state index >= 15 is 0 Å². The normalized spacial score (nSPS) is 25.2. The van der Waals surface area contributed by atoms with E-state index in [2.05, 4.69) is 54.8 Å². The van der Waals surface area contributed by atoms with Crippen molar-refractivity contribution < 1.29 is 0 Å². The van der Waals surface area contributed by atoms with Gasteiger partial charge < -0.3 is 5.73 Å². The Labute approximate surface area is 117 Å². The number of hydrogen-bond donors (Lipinski definition) is 1. The van der Waals surface area contributed by atoms with Crippen LogP contribution in [0, 0.1) is 0 Å². The molecule has 0 bridgehead atoms. The summed E-state index contributed by atoms with van der Waals surface area (Å²) in [5.74, 6) is 0. The van der Waals surface area contributed by atoms with E-state index in [4.69, 9.17) is 5.73 Å². The third-order valence-electron chi connectivity index (χ3n) is 4.24. The molecule has 3 heteroatoms. The largest absolute Gasteiger partial charge is 0.321 e. The van der Waals surface area contributed by atoms with Crippen LogP contribution < -0.4 is 5.73 Å². The standard InChI is InChI=1S/C16H27N3/c1-4-19-11-10-18(12-14(19)2)13-16(3,17)15-8-6-5-7-9-15/h5-9,14H,4,10-13,17H2,1-3H3. The van der Waals surface area contributed by atoms with Crippen LogP contribution in [0.1, 0.15) is 26.3 Å². The molecule has 0 saturated carbocycles. The summed E-state index contributed by atoms with van der Waals surface area (Å²) < 4.78 is 0. The molecule has 0 amide bonds. The Balaban J connectivity index is 1.98. The SMILES string of the molecule is CCN1CCN(CC(C)(N)c2ccccc2)CC1C. The molecule has 19 heavy (non-hydrogen) atoms. The fraction of sp³-hybridized carbons (Fsp3) is 0.625. The van der Waals surface area contributed by atoms with E-state index in [1.807, 2.05) is 6.07 Å². The van der Waals surface area contributed by atoms with Crippen molar-refractivity contribution in [1.82, 2.24) is 9.80 Å². The van der Waals surface area contributed by atoms with Gasteiger partial charge in [-0.25, -0.2) is 0 Å². The molecule has 0 aromatic heterocycles. The third-order valence-corrected chi connectivity index (χ3v) is 4.24. The summed E-state index contributed by atoms with van der Waals surface area (Å²) in [4.78, 5) is 5.04. The highest BCUT2D eigenvalue weighted by Crippen LogP contribution is 2.20. The molecule has 2 atom stereocenters. The minimum atomic E-state index is -0.268. The van der Waals surface area contributed by atoms with Crippen molar-refractivity contribution in [2.75, 3.05) is 32.7 Å². The van der Waals surface area contributed by atoms with Crippen molar-refractivity contribution in [2.45, 2.75) is 32.4 Å². The molecule has 1 heterocycles. The van der Waals surface area contributed by atoms with Crippen LogP contribution in [0.4, 0.5) is 0 Å². The first kappa shape index (κ1) is 14.5. The van der Waals surface area contributed by atoms with Gasteiger partial charge in [-0.1, -0.05) is 37.3 Å². The van der Waals surface area contributed by atoms with Gasteiger partial charge in [-0.15, -0.1) is 0 Å². The van der Waals surface area contributed by atoms with E-state index in [1.165, 1.54) is 5.56 Å². The van der Waals surface area contributed by atoms with Crippen LogP contribution >= 0.6 is 0 Å². The lowest BCUT2D eigenvalue weighted by Crippen LogP contribution is -2.56. The van der Waals surface area contributed by atoms with Gasteiger partial charge in [0.15, 0.2) is 0 Å². The van der Waals surface area contributed by atoms with E-state index < -0.39 is 0 Å². The van der Waals surface area contributed by atoms with Crippen molar-refractivity contribution in [2.24, 2.45) is 5.73 Å². The van der Waals surface area contributed by atoms with Crippen LogP contribution in [-0.2, 0) is 5.54 Å². The summed E-state index contributed by atoms with van der Waals surface area (Å²) in [6.45, 7) is 12.2. The number of benzene rings is 1. The quantitative estimate of drug-likeness (QED) is 0.898. The summed E-state index contributed by atoms with van der Waals surface area (Å²) in [5, 5.41) is 0. The Morgan fingerprint density at radius 3 is 2.53 bits per heavy atom. The zero-order chi connectivity index (χ0) is 13.9. The van der Waals surface area contributed by atoms with Crippen molar-refractivity contribution in [3.8, 4) is 0 Å². The smallest absolute Gasteiger partial charge is 0.0509 e. The van der Waals surface area contributed by atoms with Crippen LogP contribution in [0.5, 0.6) is 0 Å². The topological polar surface area (TPSA) is 32.5 Å². The number of nitrogens with zero attached hydrogens (tertiary/aromatic N) is 2. The molecular weight excluding hydrogens is 234 g/mol. The summed E-state index contributed by atoms with van der Waals surface area (Å²) in [6.07, 6.45) is 0.